The topological polar surface area (TPSA) is 161 Å². The quantitative estimate of drug-likeness (QED) is 0.163. The van der Waals surface area contributed by atoms with Crippen LogP contribution in [0, 0.1) is 10.1 Å². The van der Waals surface area contributed by atoms with Gasteiger partial charge in [0.1, 0.15) is 5.82 Å². The second kappa shape index (κ2) is 12.8. The summed E-state index contributed by atoms with van der Waals surface area (Å²) in [6.07, 6.45) is 1.71. The predicted molar refractivity (Wildman–Crippen MR) is 161 cm³/mol. The number of methoxy groups -OCH3 is 3. The summed E-state index contributed by atoms with van der Waals surface area (Å²) < 4.78 is 16.7. The largest absolute Gasteiger partial charge is 0.493 e. The maximum atomic E-state index is 11.6. The van der Waals surface area contributed by atoms with Gasteiger partial charge in [-0.25, -0.2) is 9.78 Å². The minimum Gasteiger partial charge on any atom is -0.493 e. The molecule has 0 bridgehead atoms. The number of ether oxygens (including phenoxy) is 3. The van der Waals surface area contributed by atoms with Crippen molar-refractivity contribution in [3.8, 4) is 17.2 Å². The van der Waals surface area contributed by atoms with Crippen LogP contribution in [0.4, 0.5) is 23.1 Å². The van der Waals surface area contributed by atoms with Gasteiger partial charge in [0.2, 0.25) is 11.7 Å². The number of nitro benzene ring substituents is 1. The number of aromatic carboxylic acids is 1. The Labute approximate surface area is 247 Å². The summed E-state index contributed by atoms with van der Waals surface area (Å²) >= 11 is 0. The third kappa shape index (κ3) is 6.36. The number of carboxylic acids is 1. The van der Waals surface area contributed by atoms with Gasteiger partial charge in [0.05, 0.1) is 37.3 Å². The van der Waals surface area contributed by atoms with E-state index in [4.69, 9.17) is 24.2 Å². The molecule has 1 aliphatic heterocycles. The van der Waals surface area contributed by atoms with Crippen LogP contribution in [0.2, 0.25) is 0 Å². The average molecular weight is 589 g/mol. The molecule has 1 aliphatic rings. The molecule has 0 radical (unpaired) electrons. The van der Waals surface area contributed by atoms with Crippen molar-refractivity contribution in [2.45, 2.75) is 25.4 Å². The highest BCUT2D eigenvalue weighted by molar-refractivity contribution is 5.94. The zero-order valence-electron chi connectivity index (χ0n) is 24.0. The molecular weight excluding hydrogens is 556 g/mol. The summed E-state index contributed by atoms with van der Waals surface area (Å²) in [6, 6.07) is 14.5. The number of carboxylic acid groups (broad SMARTS) is 1. The number of hydrogen-bond donors (Lipinski definition) is 3. The molecule has 0 saturated carbocycles. The van der Waals surface area contributed by atoms with Crippen LogP contribution in [0.25, 0.3) is 10.9 Å². The number of nitro groups is 1. The number of piperidine rings is 1. The Bertz CT molecular complexity index is 1620. The molecule has 3 aromatic carbocycles. The van der Waals surface area contributed by atoms with Gasteiger partial charge in [-0.1, -0.05) is 0 Å². The highest BCUT2D eigenvalue weighted by Gasteiger charge is 2.26. The zero-order valence-corrected chi connectivity index (χ0v) is 24.0. The van der Waals surface area contributed by atoms with Crippen LogP contribution in [-0.2, 0) is 6.54 Å². The van der Waals surface area contributed by atoms with Gasteiger partial charge in [0.25, 0.3) is 5.69 Å². The number of nitrogens with one attached hydrogen (secondary N) is 2. The summed E-state index contributed by atoms with van der Waals surface area (Å²) in [5, 5.41) is 28.0. The first-order valence-corrected chi connectivity index (χ1v) is 13.6. The lowest BCUT2D eigenvalue weighted by Crippen LogP contribution is -2.43. The van der Waals surface area contributed by atoms with Crippen molar-refractivity contribution >= 4 is 40.0 Å². The van der Waals surface area contributed by atoms with Crippen LogP contribution in [0.1, 0.15) is 28.8 Å². The van der Waals surface area contributed by atoms with Crippen molar-refractivity contribution in [1.82, 2.24) is 15.3 Å². The first-order valence-electron chi connectivity index (χ1n) is 13.6. The number of aromatic nitrogens is 2. The molecular formula is C30H32N6O7. The molecule has 0 spiro atoms. The Morgan fingerprint density at radius 3 is 2.28 bits per heavy atom. The smallest absolute Gasteiger partial charge is 0.335 e. The van der Waals surface area contributed by atoms with E-state index >= 15 is 0 Å². The molecule has 13 nitrogen and oxygen atoms in total. The summed E-state index contributed by atoms with van der Waals surface area (Å²) in [7, 11) is 4.69. The van der Waals surface area contributed by atoms with E-state index in [1.165, 1.54) is 24.3 Å². The number of fused-ring (bicyclic) bond motifs is 1. The first kappa shape index (κ1) is 29.3. The molecule has 5 rings (SSSR count). The first-order chi connectivity index (χ1) is 20.8. The summed E-state index contributed by atoms with van der Waals surface area (Å²) in [5.74, 6) is 1.30. The number of anilines is 3. The van der Waals surface area contributed by atoms with Gasteiger partial charge >= 0.3 is 5.97 Å². The molecule has 43 heavy (non-hydrogen) atoms. The van der Waals surface area contributed by atoms with E-state index in [-0.39, 0.29) is 17.3 Å². The van der Waals surface area contributed by atoms with E-state index in [1.807, 2.05) is 12.1 Å². The van der Waals surface area contributed by atoms with Crippen molar-refractivity contribution < 1.29 is 29.0 Å². The lowest BCUT2D eigenvalue weighted by Gasteiger charge is -2.35. The molecule has 1 aromatic heterocycles. The predicted octanol–water partition coefficient (Wildman–Crippen LogP) is 4.76. The number of hydrogen-bond acceptors (Lipinski definition) is 11. The SMILES string of the molecule is COc1cc(CN(c2nc(Nc3ccc(C(=O)O)cc3)c3cc([N+](=O)[O-])ccc3n2)C2CCNCC2)cc(OC)c1OC. The molecule has 0 aliphatic carbocycles. The van der Waals surface area contributed by atoms with Gasteiger partial charge < -0.3 is 34.9 Å². The van der Waals surface area contributed by atoms with Crippen molar-refractivity contribution in [2.75, 3.05) is 44.6 Å². The number of rotatable bonds is 11. The molecule has 1 saturated heterocycles. The van der Waals surface area contributed by atoms with Crippen LogP contribution >= 0.6 is 0 Å². The third-order valence-electron chi connectivity index (χ3n) is 7.36. The van der Waals surface area contributed by atoms with Crippen LogP contribution in [0.5, 0.6) is 17.2 Å². The standard InChI is InChI=1S/C30H32N6O7/c1-41-25-14-18(15-26(42-2)27(25)43-3)17-35(21-10-12-31-13-11-21)30-33-24-9-8-22(36(39)40)16-23(24)28(34-30)32-20-6-4-19(5-7-20)29(37)38/h4-9,14-16,21,31H,10-13,17H2,1-3H3,(H,37,38)(H,32,33,34). The van der Waals surface area contributed by atoms with Gasteiger partial charge in [-0.2, -0.15) is 4.98 Å². The lowest BCUT2D eigenvalue weighted by molar-refractivity contribution is -0.384. The molecule has 0 atom stereocenters. The summed E-state index contributed by atoms with van der Waals surface area (Å²) in [5.41, 5.74) is 2.02. The van der Waals surface area contributed by atoms with Crippen molar-refractivity contribution in [1.29, 1.82) is 0 Å². The Morgan fingerprint density at radius 2 is 1.70 bits per heavy atom. The Hall–Kier alpha value is -5.17. The molecule has 224 valence electrons. The summed E-state index contributed by atoms with van der Waals surface area (Å²) in [4.78, 5) is 34.4. The van der Waals surface area contributed by atoms with Gasteiger partial charge in [0.15, 0.2) is 11.5 Å². The van der Waals surface area contributed by atoms with E-state index < -0.39 is 10.9 Å². The second-order valence-corrected chi connectivity index (χ2v) is 9.98. The molecule has 4 aromatic rings. The maximum Gasteiger partial charge on any atom is 0.335 e. The molecule has 1 fully saturated rings. The molecule has 13 heteroatoms. The van der Waals surface area contributed by atoms with Crippen LogP contribution in [0.15, 0.2) is 54.6 Å². The lowest BCUT2D eigenvalue weighted by atomic mass is 10.0. The van der Waals surface area contributed by atoms with Crippen molar-refractivity contribution in [3.63, 3.8) is 0 Å². The highest BCUT2D eigenvalue weighted by Crippen LogP contribution is 2.39. The zero-order chi connectivity index (χ0) is 30.5. The molecule has 3 N–H and O–H groups in total. The molecule has 0 unspecified atom stereocenters. The van der Waals surface area contributed by atoms with Gasteiger partial charge in [0, 0.05) is 35.8 Å². The average Bonchev–Trinajstić information content (AvgIpc) is 3.03. The Morgan fingerprint density at radius 1 is 1.02 bits per heavy atom. The number of benzene rings is 3. The van der Waals surface area contributed by atoms with E-state index in [0.29, 0.717) is 52.1 Å². The van der Waals surface area contributed by atoms with E-state index in [1.54, 1.807) is 39.5 Å². The van der Waals surface area contributed by atoms with Crippen molar-refractivity contribution in [2.24, 2.45) is 0 Å². The van der Waals surface area contributed by atoms with E-state index in [0.717, 1.165) is 31.5 Å². The number of non-ortho nitro benzene ring substituents is 1. The normalized spacial score (nSPS) is 13.4. The van der Waals surface area contributed by atoms with Gasteiger partial charge in [-0.05, 0) is 74.0 Å². The minimum absolute atomic E-state index is 0.0959. The Balaban J connectivity index is 1.62. The maximum absolute atomic E-state index is 11.6. The van der Waals surface area contributed by atoms with Gasteiger partial charge in [-0.3, -0.25) is 10.1 Å². The minimum atomic E-state index is -1.04. The van der Waals surface area contributed by atoms with E-state index in [9.17, 15) is 20.0 Å². The summed E-state index contributed by atoms with van der Waals surface area (Å²) in [6.45, 7) is 2.08. The number of carbonyl (C=O) groups is 1. The van der Waals surface area contributed by atoms with Crippen LogP contribution in [-0.4, -0.2) is 66.4 Å². The Kier molecular flexibility index (Phi) is 8.71. The molecule has 0 amide bonds. The second-order valence-electron chi connectivity index (χ2n) is 9.98. The molecule has 2 heterocycles. The highest BCUT2D eigenvalue weighted by atomic mass is 16.6. The van der Waals surface area contributed by atoms with E-state index in [2.05, 4.69) is 15.5 Å². The monoisotopic (exact) mass is 588 g/mol. The fourth-order valence-electron chi connectivity index (χ4n) is 5.18. The van der Waals surface area contributed by atoms with Gasteiger partial charge in [-0.15, -0.1) is 0 Å². The van der Waals surface area contributed by atoms with Crippen LogP contribution < -0.4 is 29.7 Å². The van der Waals surface area contributed by atoms with Crippen LogP contribution in [0.3, 0.4) is 0 Å². The third-order valence-corrected chi connectivity index (χ3v) is 7.36. The number of nitrogens with zero attached hydrogens (tertiary/aromatic N) is 4. The van der Waals surface area contributed by atoms with Crippen molar-refractivity contribution in [3.05, 3.63) is 75.8 Å². The fraction of sp³-hybridized carbons (Fsp3) is 0.300. The fourth-order valence-corrected chi connectivity index (χ4v) is 5.18.